The monoisotopic (exact) mass is 300 g/mol. The Morgan fingerprint density at radius 1 is 1.37 bits per heavy atom. The molecule has 0 radical (unpaired) electrons. The molecule has 104 valence electrons. The molecule has 0 aliphatic carbocycles. The Labute approximate surface area is 123 Å². The average molecular weight is 301 g/mol. The van der Waals surface area contributed by atoms with Gasteiger partial charge in [0.25, 0.3) is 0 Å². The molecule has 2 atom stereocenters. The summed E-state index contributed by atoms with van der Waals surface area (Å²) in [5.41, 5.74) is 0.961. The van der Waals surface area contributed by atoms with Gasteiger partial charge in [0, 0.05) is 22.6 Å². The molecule has 2 N–H and O–H groups in total. The summed E-state index contributed by atoms with van der Waals surface area (Å²) in [5, 5.41) is 7.51. The van der Waals surface area contributed by atoms with Crippen LogP contribution in [-0.2, 0) is 4.79 Å². The molecule has 1 fully saturated rings. The molecule has 0 aromatic heterocycles. The summed E-state index contributed by atoms with van der Waals surface area (Å²) in [5.74, 6) is 0.0782. The Morgan fingerprint density at radius 2 is 2.16 bits per heavy atom. The average Bonchev–Trinajstić information content (AvgIpc) is 2.55. The van der Waals surface area contributed by atoms with Gasteiger partial charge in [0.1, 0.15) is 0 Å². The number of carbonyl (C=O) groups excluding carboxylic acids is 1. The SMILES string of the molecule is CC(NC1CCCCNC1=O)c1ccc(Cl)cc1Cl. The number of rotatable bonds is 3. The minimum Gasteiger partial charge on any atom is -0.355 e. The molecule has 1 aliphatic heterocycles. The van der Waals surface area contributed by atoms with Gasteiger partial charge in [0.2, 0.25) is 5.91 Å². The normalized spacial score (nSPS) is 21.6. The molecule has 0 spiro atoms. The predicted octanol–water partition coefficient (Wildman–Crippen LogP) is 3.31. The number of hydrogen-bond donors (Lipinski definition) is 2. The van der Waals surface area contributed by atoms with Gasteiger partial charge in [0.15, 0.2) is 0 Å². The largest absolute Gasteiger partial charge is 0.355 e. The molecule has 1 amide bonds. The molecule has 1 aromatic rings. The molecule has 0 saturated carbocycles. The fraction of sp³-hybridized carbons (Fsp3) is 0.500. The maximum atomic E-state index is 11.9. The number of carbonyl (C=O) groups is 1. The smallest absolute Gasteiger partial charge is 0.237 e. The Balaban J connectivity index is 2.07. The Morgan fingerprint density at radius 3 is 2.89 bits per heavy atom. The lowest BCUT2D eigenvalue weighted by molar-refractivity contribution is -0.123. The zero-order valence-corrected chi connectivity index (χ0v) is 12.4. The van der Waals surface area contributed by atoms with E-state index >= 15 is 0 Å². The summed E-state index contributed by atoms with van der Waals surface area (Å²) in [6.45, 7) is 2.78. The van der Waals surface area contributed by atoms with Gasteiger partial charge in [-0.2, -0.15) is 0 Å². The molecular formula is C14H18Cl2N2O. The van der Waals surface area contributed by atoms with Crippen LogP contribution < -0.4 is 10.6 Å². The molecule has 19 heavy (non-hydrogen) atoms. The van der Waals surface area contributed by atoms with E-state index in [0.29, 0.717) is 10.0 Å². The van der Waals surface area contributed by atoms with E-state index in [1.165, 1.54) is 0 Å². The van der Waals surface area contributed by atoms with Gasteiger partial charge in [-0.1, -0.05) is 29.3 Å². The zero-order chi connectivity index (χ0) is 13.8. The lowest BCUT2D eigenvalue weighted by Gasteiger charge is -2.22. The third kappa shape index (κ3) is 3.85. The van der Waals surface area contributed by atoms with Crippen LogP contribution in [0.4, 0.5) is 0 Å². The molecule has 0 bridgehead atoms. The van der Waals surface area contributed by atoms with Gasteiger partial charge in [-0.25, -0.2) is 0 Å². The van der Waals surface area contributed by atoms with Crippen molar-refractivity contribution in [2.45, 2.75) is 38.3 Å². The highest BCUT2D eigenvalue weighted by Crippen LogP contribution is 2.26. The van der Waals surface area contributed by atoms with Gasteiger partial charge < -0.3 is 5.32 Å². The second-order valence-corrected chi connectivity index (χ2v) is 5.74. The Hall–Kier alpha value is -0.770. The van der Waals surface area contributed by atoms with Crippen LogP contribution in [0.3, 0.4) is 0 Å². The van der Waals surface area contributed by atoms with Gasteiger partial charge >= 0.3 is 0 Å². The lowest BCUT2D eigenvalue weighted by atomic mass is 10.1. The molecule has 1 aliphatic rings. The maximum absolute atomic E-state index is 11.9. The second-order valence-electron chi connectivity index (χ2n) is 4.89. The summed E-state index contributed by atoms with van der Waals surface area (Å²) in [6, 6.07) is 5.30. The zero-order valence-electron chi connectivity index (χ0n) is 10.9. The summed E-state index contributed by atoms with van der Waals surface area (Å²) < 4.78 is 0. The van der Waals surface area contributed by atoms with E-state index in [4.69, 9.17) is 23.2 Å². The summed E-state index contributed by atoms with van der Waals surface area (Å²) >= 11 is 12.1. The second kappa shape index (κ2) is 6.60. The van der Waals surface area contributed by atoms with Crippen molar-refractivity contribution < 1.29 is 4.79 Å². The minimum atomic E-state index is -0.149. The first-order valence-electron chi connectivity index (χ1n) is 6.56. The van der Waals surface area contributed by atoms with Crippen LogP contribution in [0, 0.1) is 0 Å². The van der Waals surface area contributed by atoms with E-state index in [0.717, 1.165) is 31.4 Å². The minimum absolute atomic E-state index is 0.0126. The van der Waals surface area contributed by atoms with Crippen LogP contribution in [0.15, 0.2) is 18.2 Å². The van der Waals surface area contributed by atoms with Gasteiger partial charge in [0.05, 0.1) is 6.04 Å². The van der Waals surface area contributed by atoms with Crippen LogP contribution in [0.25, 0.3) is 0 Å². The topological polar surface area (TPSA) is 41.1 Å². The standard InChI is InChI=1S/C14H18Cl2N2O/c1-9(11-6-5-10(15)8-12(11)16)18-13-4-2-3-7-17-14(13)19/h5-6,8-9,13,18H,2-4,7H2,1H3,(H,17,19). The van der Waals surface area contributed by atoms with Crippen molar-refractivity contribution in [3.8, 4) is 0 Å². The Bertz CT molecular complexity index is 465. The number of nitrogens with one attached hydrogen (secondary N) is 2. The van der Waals surface area contributed by atoms with E-state index in [-0.39, 0.29) is 18.0 Å². The van der Waals surface area contributed by atoms with Gasteiger partial charge in [-0.15, -0.1) is 0 Å². The highest BCUT2D eigenvalue weighted by Gasteiger charge is 2.23. The van der Waals surface area contributed by atoms with Crippen LogP contribution in [-0.4, -0.2) is 18.5 Å². The molecule has 5 heteroatoms. The van der Waals surface area contributed by atoms with E-state index in [2.05, 4.69) is 10.6 Å². The number of hydrogen-bond acceptors (Lipinski definition) is 2. The van der Waals surface area contributed by atoms with E-state index < -0.39 is 0 Å². The summed E-state index contributed by atoms with van der Waals surface area (Å²) in [7, 11) is 0. The van der Waals surface area contributed by atoms with Crippen LogP contribution in [0.1, 0.15) is 37.8 Å². The van der Waals surface area contributed by atoms with Crippen molar-refractivity contribution in [3.05, 3.63) is 33.8 Å². The van der Waals surface area contributed by atoms with Crippen molar-refractivity contribution >= 4 is 29.1 Å². The molecule has 1 saturated heterocycles. The summed E-state index contributed by atoms with van der Waals surface area (Å²) in [4.78, 5) is 11.9. The third-order valence-corrected chi connectivity index (χ3v) is 3.98. The number of amides is 1. The first kappa shape index (κ1) is 14.6. The molecular weight excluding hydrogens is 283 g/mol. The van der Waals surface area contributed by atoms with Gasteiger partial charge in [-0.3, -0.25) is 10.1 Å². The van der Waals surface area contributed by atoms with Crippen molar-refractivity contribution in [3.63, 3.8) is 0 Å². The van der Waals surface area contributed by atoms with Crippen LogP contribution in [0.2, 0.25) is 10.0 Å². The van der Waals surface area contributed by atoms with Crippen LogP contribution in [0.5, 0.6) is 0 Å². The van der Waals surface area contributed by atoms with Crippen LogP contribution >= 0.6 is 23.2 Å². The third-order valence-electron chi connectivity index (χ3n) is 3.42. The Kier molecular flexibility index (Phi) is 5.08. The lowest BCUT2D eigenvalue weighted by Crippen LogP contribution is -2.43. The van der Waals surface area contributed by atoms with Crippen molar-refractivity contribution in [1.29, 1.82) is 0 Å². The fourth-order valence-corrected chi connectivity index (χ4v) is 2.91. The van der Waals surface area contributed by atoms with Gasteiger partial charge in [-0.05, 0) is 43.9 Å². The van der Waals surface area contributed by atoms with E-state index in [9.17, 15) is 4.79 Å². The highest BCUT2D eigenvalue weighted by atomic mass is 35.5. The number of benzene rings is 1. The predicted molar refractivity (Wildman–Crippen MR) is 78.7 cm³/mol. The van der Waals surface area contributed by atoms with E-state index in [1.54, 1.807) is 6.07 Å². The van der Waals surface area contributed by atoms with Crippen molar-refractivity contribution in [1.82, 2.24) is 10.6 Å². The maximum Gasteiger partial charge on any atom is 0.237 e. The first-order valence-corrected chi connectivity index (χ1v) is 7.32. The molecule has 2 unspecified atom stereocenters. The highest BCUT2D eigenvalue weighted by molar-refractivity contribution is 6.35. The molecule has 3 nitrogen and oxygen atoms in total. The van der Waals surface area contributed by atoms with Crippen molar-refractivity contribution in [2.24, 2.45) is 0 Å². The van der Waals surface area contributed by atoms with E-state index in [1.807, 2.05) is 19.1 Å². The van der Waals surface area contributed by atoms with Crippen molar-refractivity contribution in [2.75, 3.05) is 6.54 Å². The fourth-order valence-electron chi connectivity index (χ4n) is 2.34. The molecule has 2 rings (SSSR count). The first-order chi connectivity index (χ1) is 9.08. The molecule has 1 heterocycles. The quantitative estimate of drug-likeness (QED) is 0.899. The number of halogens is 2. The molecule has 1 aromatic carbocycles. The summed E-state index contributed by atoms with van der Waals surface area (Å²) in [6.07, 6.45) is 2.96.